The Labute approximate surface area is 66.1 Å². The summed E-state index contributed by atoms with van der Waals surface area (Å²) in [5.41, 5.74) is 5.82. The topological polar surface area (TPSA) is 43.1 Å². The van der Waals surface area contributed by atoms with Gasteiger partial charge in [0, 0.05) is 5.57 Å². The molecule has 1 aliphatic carbocycles. The maximum absolute atomic E-state index is 10.7. The molecule has 0 radical (unpaired) electrons. The lowest BCUT2D eigenvalue weighted by Crippen LogP contribution is -2.13. The van der Waals surface area contributed by atoms with Crippen molar-refractivity contribution in [1.82, 2.24) is 0 Å². The predicted octanol–water partition coefficient (Wildman–Crippen LogP) is 1.30. The van der Waals surface area contributed by atoms with E-state index in [9.17, 15) is 4.79 Å². The first kappa shape index (κ1) is 7.79. The van der Waals surface area contributed by atoms with Gasteiger partial charge < -0.3 is 5.73 Å². The van der Waals surface area contributed by atoms with E-state index >= 15 is 0 Å². The van der Waals surface area contributed by atoms with E-state index in [1.165, 1.54) is 0 Å². The van der Waals surface area contributed by atoms with E-state index in [1.807, 2.05) is 24.3 Å². The molecule has 2 N–H and O–H groups in total. The second-order valence-corrected chi connectivity index (χ2v) is 2.41. The van der Waals surface area contributed by atoms with E-state index in [0.29, 0.717) is 5.57 Å². The summed E-state index contributed by atoms with van der Waals surface area (Å²) in [5.74, 6) is -0.315. The van der Waals surface area contributed by atoms with Crippen LogP contribution in [0.2, 0.25) is 0 Å². The highest BCUT2D eigenvalue weighted by Gasteiger charge is 2.01. The minimum Gasteiger partial charge on any atom is -0.366 e. The van der Waals surface area contributed by atoms with E-state index in [1.54, 1.807) is 6.08 Å². The van der Waals surface area contributed by atoms with Gasteiger partial charge in [-0.15, -0.1) is 0 Å². The average Bonchev–Trinajstić information content (AvgIpc) is 1.84. The number of hydrogen-bond acceptors (Lipinski definition) is 1. The van der Waals surface area contributed by atoms with Crippen LogP contribution >= 0.6 is 0 Å². The van der Waals surface area contributed by atoms with Crippen molar-refractivity contribution < 1.29 is 4.79 Å². The molecular weight excluding hydrogens is 138 g/mol. The highest BCUT2D eigenvalue weighted by atomic mass is 16.1. The number of rotatable bonds is 1. The van der Waals surface area contributed by atoms with Crippen molar-refractivity contribution in [2.45, 2.75) is 12.8 Å². The molecule has 0 bridgehead atoms. The molecule has 0 unspecified atom stereocenters. The normalized spacial score (nSPS) is 16.9. The lowest BCUT2D eigenvalue weighted by Gasteiger charge is -1.99. The van der Waals surface area contributed by atoms with E-state index in [-0.39, 0.29) is 5.91 Å². The van der Waals surface area contributed by atoms with Crippen LogP contribution in [-0.2, 0) is 4.79 Å². The van der Waals surface area contributed by atoms with Gasteiger partial charge in [0.25, 0.3) is 0 Å². The minimum absolute atomic E-state index is 0.315. The maximum Gasteiger partial charge on any atom is 0.244 e. The first-order chi connectivity index (χ1) is 5.30. The Balaban J connectivity index is 2.73. The van der Waals surface area contributed by atoms with Crippen molar-refractivity contribution in [2.24, 2.45) is 5.73 Å². The Kier molecular flexibility index (Phi) is 2.66. The predicted molar refractivity (Wildman–Crippen MR) is 44.8 cm³/mol. The summed E-state index contributed by atoms with van der Waals surface area (Å²) >= 11 is 0. The van der Waals surface area contributed by atoms with Crippen molar-refractivity contribution in [3.8, 4) is 0 Å². The van der Waals surface area contributed by atoms with Gasteiger partial charge in [-0.3, -0.25) is 4.79 Å². The van der Waals surface area contributed by atoms with Gasteiger partial charge in [-0.05, 0) is 12.8 Å². The van der Waals surface area contributed by atoms with Crippen molar-refractivity contribution in [3.63, 3.8) is 0 Å². The van der Waals surface area contributed by atoms with Crippen LogP contribution in [0.5, 0.6) is 0 Å². The highest BCUT2D eigenvalue weighted by Crippen LogP contribution is 2.07. The van der Waals surface area contributed by atoms with Gasteiger partial charge >= 0.3 is 0 Å². The number of primary amides is 1. The summed E-state index contributed by atoms with van der Waals surface area (Å²) in [6.45, 7) is 0. The molecule has 0 fully saturated rings. The molecule has 0 aromatic carbocycles. The molecule has 2 nitrogen and oxygen atoms in total. The van der Waals surface area contributed by atoms with Crippen LogP contribution in [0.3, 0.4) is 0 Å². The standard InChI is InChI=1S/C9H11NO/c10-9(11)8-6-4-2-1-3-5-7-8/h1-4,6H,5,7H2,(H2,10,11). The zero-order valence-corrected chi connectivity index (χ0v) is 6.29. The third-order valence-corrected chi connectivity index (χ3v) is 1.55. The lowest BCUT2D eigenvalue weighted by molar-refractivity contribution is -0.114. The van der Waals surface area contributed by atoms with Crippen molar-refractivity contribution in [3.05, 3.63) is 36.0 Å². The summed E-state index contributed by atoms with van der Waals surface area (Å²) < 4.78 is 0. The zero-order chi connectivity index (χ0) is 8.10. The minimum atomic E-state index is -0.315. The van der Waals surface area contributed by atoms with Crippen molar-refractivity contribution in [2.75, 3.05) is 0 Å². The number of nitrogens with two attached hydrogens (primary N) is 1. The maximum atomic E-state index is 10.7. The van der Waals surface area contributed by atoms with E-state index in [2.05, 4.69) is 0 Å². The van der Waals surface area contributed by atoms with Crippen molar-refractivity contribution in [1.29, 1.82) is 0 Å². The molecule has 11 heavy (non-hydrogen) atoms. The lowest BCUT2D eigenvalue weighted by atomic mass is 10.1. The van der Waals surface area contributed by atoms with E-state index < -0.39 is 0 Å². The van der Waals surface area contributed by atoms with Gasteiger partial charge in [-0.2, -0.15) is 0 Å². The van der Waals surface area contributed by atoms with Crippen LogP contribution < -0.4 is 5.73 Å². The quantitative estimate of drug-likeness (QED) is 0.600. The number of allylic oxidation sites excluding steroid dienone is 5. The van der Waals surface area contributed by atoms with Gasteiger partial charge in [-0.25, -0.2) is 0 Å². The van der Waals surface area contributed by atoms with Crippen LogP contribution in [0.1, 0.15) is 12.8 Å². The number of carbonyl (C=O) groups is 1. The molecule has 1 amide bonds. The first-order valence-corrected chi connectivity index (χ1v) is 3.63. The number of carbonyl (C=O) groups excluding carboxylic acids is 1. The van der Waals surface area contributed by atoms with Gasteiger partial charge in [0.2, 0.25) is 5.91 Å². The molecule has 0 aromatic heterocycles. The molecule has 0 aromatic rings. The molecule has 0 aliphatic heterocycles. The molecule has 0 saturated carbocycles. The summed E-state index contributed by atoms with van der Waals surface area (Å²) in [7, 11) is 0. The third-order valence-electron chi connectivity index (χ3n) is 1.55. The molecule has 2 heteroatoms. The molecule has 1 aliphatic rings. The van der Waals surface area contributed by atoms with E-state index in [4.69, 9.17) is 5.73 Å². The summed E-state index contributed by atoms with van der Waals surface area (Å²) in [4.78, 5) is 10.7. The highest BCUT2D eigenvalue weighted by molar-refractivity contribution is 5.92. The molecule has 58 valence electrons. The van der Waals surface area contributed by atoms with Gasteiger partial charge in [0.05, 0.1) is 0 Å². The fourth-order valence-electron chi connectivity index (χ4n) is 0.938. The fourth-order valence-corrected chi connectivity index (χ4v) is 0.938. The SMILES string of the molecule is NC(=O)C1=CC=CC=CCC1. The third kappa shape index (κ3) is 2.42. The summed E-state index contributed by atoms with van der Waals surface area (Å²) in [6.07, 6.45) is 11.1. The molecule has 0 saturated heterocycles. The molecular formula is C9H11NO. The zero-order valence-electron chi connectivity index (χ0n) is 6.29. The van der Waals surface area contributed by atoms with Crippen LogP contribution in [0.15, 0.2) is 36.0 Å². The largest absolute Gasteiger partial charge is 0.366 e. The smallest absolute Gasteiger partial charge is 0.244 e. The van der Waals surface area contributed by atoms with Gasteiger partial charge in [0.15, 0.2) is 0 Å². The second kappa shape index (κ2) is 3.76. The second-order valence-electron chi connectivity index (χ2n) is 2.41. The first-order valence-electron chi connectivity index (χ1n) is 3.63. The van der Waals surface area contributed by atoms with Crippen LogP contribution in [0, 0.1) is 0 Å². The Morgan fingerprint density at radius 3 is 2.91 bits per heavy atom. The summed E-state index contributed by atoms with van der Waals surface area (Å²) in [5, 5.41) is 0. The Morgan fingerprint density at radius 1 is 1.36 bits per heavy atom. The number of hydrogen-bond donors (Lipinski definition) is 1. The van der Waals surface area contributed by atoms with Gasteiger partial charge in [0.1, 0.15) is 0 Å². The van der Waals surface area contributed by atoms with Crippen LogP contribution in [-0.4, -0.2) is 5.91 Å². The molecule has 1 rings (SSSR count). The Bertz CT molecular complexity index is 236. The van der Waals surface area contributed by atoms with Gasteiger partial charge in [-0.1, -0.05) is 30.4 Å². The molecule has 0 spiro atoms. The average molecular weight is 149 g/mol. The Morgan fingerprint density at radius 2 is 2.18 bits per heavy atom. The fraction of sp³-hybridized carbons (Fsp3) is 0.222. The Hall–Kier alpha value is -1.31. The van der Waals surface area contributed by atoms with Crippen molar-refractivity contribution >= 4 is 5.91 Å². The molecule has 0 heterocycles. The van der Waals surface area contributed by atoms with E-state index in [0.717, 1.165) is 12.8 Å². The van der Waals surface area contributed by atoms with Crippen LogP contribution in [0.4, 0.5) is 0 Å². The number of amides is 1. The molecule has 0 atom stereocenters. The summed E-state index contributed by atoms with van der Waals surface area (Å²) in [6, 6.07) is 0. The van der Waals surface area contributed by atoms with Crippen LogP contribution in [0.25, 0.3) is 0 Å². The monoisotopic (exact) mass is 149 g/mol.